The van der Waals surface area contributed by atoms with Crippen LogP contribution in [-0.2, 0) is 14.3 Å². The Labute approximate surface area is 144 Å². The molecule has 0 amide bonds. The first-order valence-electron chi connectivity index (χ1n) is 9.83. The molecule has 2 saturated heterocycles. The SMILES string of the molecule is C[C@]12CC[C@@H]3[C@H](CC[C@]45O[C@@H]4OC(=O)CC[C@]35C)[C@@H]1CC[C@@]2(C)O. The van der Waals surface area contributed by atoms with E-state index in [0.29, 0.717) is 24.2 Å². The smallest absolute Gasteiger partial charge is 0.308 e. The Bertz CT molecular complexity index is 600. The molecule has 2 heterocycles. The van der Waals surface area contributed by atoms with Gasteiger partial charge in [0.05, 0.1) is 5.60 Å². The summed E-state index contributed by atoms with van der Waals surface area (Å²) in [7, 11) is 0. The number of hydrogen-bond donors (Lipinski definition) is 1. The highest BCUT2D eigenvalue weighted by atomic mass is 16.8. The Morgan fingerprint density at radius 2 is 1.67 bits per heavy atom. The summed E-state index contributed by atoms with van der Waals surface area (Å²) in [5.74, 6) is 1.77. The lowest BCUT2D eigenvalue weighted by Gasteiger charge is -2.59. The van der Waals surface area contributed by atoms with Crippen LogP contribution in [0.1, 0.15) is 72.1 Å². The van der Waals surface area contributed by atoms with Crippen LogP contribution in [0.15, 0.2) is 0 Å². The van der Waals surface area contributed by atoms with Crippen LogP contribution in [0.5, 0.6) is 0 Å². The number of esters is 1. The average molecular weight is 334 g/mol. The van der Waals surface area contributed by atoms with Crippen molar-refractivity contribution in [3.63, 3.8) is 0 Å². The molecule has 5 aliphatic rings. The summed E-state index contributed by atoms with van der Waals surface area (Å²) in [5.41, 5.74) is -0.645. The fraction of sp³-hybridized carbons (Fsp3) is 0.950. The molecule has 3 saturated carbocycles. The van der Waals surface area contributed by atoms with Crippen LogP contribution in [0.2, 0.25) is 0 Å². The monoisotopic (exact) mass is 334 g/mol. The number of carbonyl (C=O) groups is 1. The minimum absolute atomic E-state index is 0.0442. The first-order valence-corrected chi connectivity index (χ1v) is 9.83. The number of aliphatic hydroxyl groups is 1. The predicted molar refractivity (Wildman–Crippen MR) is 87.9 cm³/mol. The van der Waals surface area contributed by atoms with Crippen molar-refractivity contribution >= 4 is 5.97 Å². The Morgan fingerprint density at radius 1 is 0.958 bits per heavy atom. The highest BCUT2D eigenvalue weighted by Crippen LogP contribution is 2.72. The molecule has 4 nitrogen and oxygen atoms in total. The second-order valence-electron chi connectivity index (χ2n) is 9.93. The molecule has 0 aromatic heterocycles. The molecule has 3 aliphatic carbocycles. The fourth-order valence-electron chi connectivity index (χ4n) is 7.50. The zero-order chi connectivity index (χ0) is 17.0. The van der Waals surface area contributed by atoms with Crippen LogP contribution in [-0.4, -0.2) is 28.6 Å². The molecule has 134 valence electrons. The van der Waals surface area contributed by atoms with Crippen LogP contribution in [0.4, 0.5) is 0 Å². The van der Waals surface area contributed by atoms with Crippen LogP contribution < -0.4 is 0 Å². The van der Waals surface area contributed by atoms with E-state index in [1.807, 2.05) is 0 Å². The van der Waals surface area contributed by atoms with E-state index in [9.17, 15) is 9.90 Å². The lowest BCUT2D eigenvalue weighted by molar-refractivity contribution is -0.150. The summed E-state index contributed by atoms with van der Waals surface area (Å²) in [6, 6.07) is 0. The largest absolute Gasteiger partial charge is 0.432 e. The number of rotatable bonds is 0. The Kier molecular flexibility index (Phi) is 2.85. The Morgan fingerprint density at radius 3 is 2.46 bits per heavy atom. The van der Waals surface area contributed by atoms with Gasteiger partial charge in [-0.25, -0.2) is 0 Å². The first kappa shape index (κ1) is 15.6. The van der Waals surface area contributed by atoms with E-state index < -0.39 is 5.60 Å². The lowest BCUT2D eigenvalue weighted by Crippen LogP contribution is -2.57. The molecule has 0 bridgehead atoms. The van der Waals surface area contributed by atoms with Crippen molar-refractivity contribution in [3.8, 4) is 0 Å². The number of ether oxygens (including phenoxy) is 2. The third kappa shape index (κ3) is 1.61. The topological polar surface area (TPSA) is 59.1 Å². The van der Waals surface area contributed by atoms with Gasteiger partial charge in [-0.05, 0) is 75.0 Å². The Balaban J connectivity index is 1.51. The first-order chi connectivity index (χ1) is 11.2. The average Bonchev–Trinajstić information content (AvgIpc) is 3.16. The normalized spacial score (nSPS) is 61.8. The maximum Gasteiger partial charge on any atom is 0.308 e. The molecule has 8 atom stereocenters. The molecule has 0 radical (unpaired) electrons. The standard InChI is InChI=1S/C20H30O4/c1-17-8-5-14-12(13(17)6-10-19(17,3)22)4-11-20-16(24-20)23-15(21)7-9-18(14,20)2/h12-14,16,22H,4-11H2,1-3H3/t12-,13+,14-,16+,17+,18-,19-,20+/m1/s1. The second kappa shape index (κ2) is 4.37. The van der Waals surface area contributed by atoms with Gasteiger partial charge < -0.3 is 14.6 Å². The van der Waals surface area contributed by atoms with Crippen molar-refractivity contribution in [1.82, 2.24) is 0 Å². The van der Waals surface area contributed by atoms with Crippen LogP contribution >= 0.6 is 0 Å². The van der Waals surface area contributed by atoms with Crippen LogP contribution in [0.25, 0.3) is 0 Å². The third-order valence-corrected chi connectivity index (χ3v) is 9.36. The zero-order valence-electron chi connectivity index (χ0n) is 15.1. The number of carbonyl (C=O) groups excluding carboxylic acids is 1. The summed E-state index contributed by atoms with van der Waals surface area (Å²) >= 11 is 0. The molecule has 24 heavy (non-hydrogen) atoms. The molecule has 4 heteroatoms. The summed E-state index contributed by atoms with van der Waals surface area (Å²) < 4.78 is 11.6. The van der Waals surface area contributed by atoms with Gasteiger partial charge in [-0.3, -0.25) is 4.79 Å². The molecule has 2 aliphatic heterocycles. The second-order valence-corrected chi connectivity index (χ2v) is 9.93. The van der Waals surface area contributed by atoms with Gasteiger partial charge in [0.25, 0.3) is 0 Å². The van der Waals surface area contributed by atoms with Gasteiger partial charge in [0.2, 0.25) is 6.29 Å². The summed E-state index contributed by atoms with van der Waals surface area (Å²) in [6.45, 7) is 6.74. The van der Waals surface area contributed by atoms with E-state index in [1.54, 1.807) is 0 Å². The molecular weight excluding hydrogens is 304 g/mol. The molecule has 0 aromatic carbocycles. The van der Waals surface area contributed by atoms with Gasteiger partial charge in [-0.2, -0.15) is 0 Å². The van der Waals surface area contributed by atoms with Gasteiger partial charge >= 0.3 is 5.97 Å². The molecule has 0 aromatic rings. The van der Waals surface area contributed by atoms with E-state index in [-0.39, 0.29) is 28.7 Å². The molecular formula is C20H30O4. The third-order valence-electron chi connectivity index (χ3n) is 9.36. The highest BCUT2D eigenvalue weighted by Gasteiger charge is 2.76. The van der Waals surface area contributed by atoms with E-state index in [1.165, 1.54) is 0 Å². The van der Waals surface area contributed by atoms with Gasteiger partial charge in [0.15, 0.2) is 0 Å². The van der Waals surface area contributed by atoms with Gasteiger partial charge in [-0.1, -0.05) is 13.8 Å². The molecule has 5 rings (SSSR count). The minimum Gasteiger partial charge on any atom is -0.432 e. The zero-order valence-corrected chi connectivity index (χ0v) is 15.1. The maximum atomic E-state index is 11.9. The number of fused-ring (bicyclic) bond motifs is 4. The molecule has 1 N–H and O–H groups in total. The molecule has 5 fully saturated rings. The van der Waals surface area contributed by atoms with E-state index in [4.69, 9.17) is 9.47 Å². The summed E-state index contributed by atoms with van der Waals surface area (Å²) in [5, 5.41) is 11.0. The van der Waals surface area contributed by atoms with E-state index in [2.05, 4.69) is 20.8 Å². The summed E-state index contributed by atoms with van der Waals surface area (Å²) in [6.07, 6.45) is 7.62. The van der Waals surface area contributed by atoms with Crippen LogP contribution in [0, 0.1) is 28.6 Å². The van der Waals surface area contributed by atoms with Crippen molar-refractivity contribution < 1.29 is 19.4 Å². The van der Waals surface area contributed by atoms with Gasteiger partial charge in [-0.15, -0.1) is 0 Å². The van der Waals surface area contributed by atoms with Gasteiger partial charge in [0.1, 0.15) is 5.60 Å². The Hall–Kier alpha value is -0.610. The quantitative estimate of drug-likeness (QED) is 0.545. The predicted octanol–water partition coefficient (Wildman–Crippen LogP) is 3.41. The molecule has 0 unspecified atom stereocenters. The number of hydrogen-bond acceptors (Lipinski definition) is 4. The van der Waals surface area contributed by atoms with Crippen molar-refractivity contribution in [2.24, 2.45) is 28.6 Å². The minimum atomic E-state index is -0.528. The lowest BCUT2D eigenvalue weighted by atomic mass is 9.46. The van der Waals surface area contributed by atoms with Gasteiger partial charge in [0, 0.05) is 11.8 Å². The number of epoxide rings is 1. The van der Waals surface area contributed by atoms with Crippen LogP contribution in [0.3, 0.4) is 0 Å². The van der Waals surface area contributed by atoms with Crippen molar-refractivity contribution in [2.75, 3.05) is 0 Å². The van der Waals surface area contributed by atoms with Crippen molar-refractivity contribution in [3.05, 3.63) is 0 Å². The van der Waals surface area contributed by atoms with Crippen molar-refractivity contribution in [1.29, 1.82) is 0 Å². The van der Waals surface area contributed by atoms with Crippen molar-refractivity contribution in [2.45, 2.75) is 89.6 Å². The maximum absolute atomic E-state index is 11.9. The fourth-order valence-corrected chi connectivity index (χ4v) is 7.50. The molecule has 1 spiro atoms. The summed E-state index contributed by atoms with van der Waals surface area (Å²) in [4.78, 5) is 11.9. The highest BCUT2D eigenvalue weighted by molar-refractivity contribution is 5.70. The van der Waals surface area contributed by atoms with E-state index in [0.717, 1.165) is 44.9 Å². The van der Waals surface area contributed by atoms with E-state index >= 15 is 0 Å².